The van der Waals surface area contributed by atoms with Crippen LogP contribution in [0.25, 0.3) is 0 Å². The molecule has 1 aromatic heterocycles. The number of nitrogen functional groups attached to an aromatic ring is 1. The second kappa shape index (κ2) is 6.19. The monoisotopic (exact) mass is 388 g/mol. The summed E-state index contributed by atoms with van der Waals surface area (Å²) in [5.74, 6) is 0. The summed E-state index contributed by atoms with van der Waals surface area (Å²) in [6, 6.07) is 8.25. The Labute approximate surface area is 128 Å². The third kappa shape index (κ3) is 3.82. The number of halogens is 2. The molecule has 0 aliphatic carbocycles. The predicted molar refractivity (Wildman–Crippen MR) is 85.7 cm³/mol. The van der Waals surface area contributed by atoms with Crippen molar-refractivity contribution >= 4 is 48.9 Å². The van der Waals surface area contributed by atoms with E-state index in [9.17, 15) is 0 Å². The smallest absolute Gasteiger partial charge is 0.0701 e. The molecule has 2 rings (SSSR count). The molecule has 0 aliphatic heterocycles. The van der Waals surface area contributed by atoms with Crippen LogP contribution in [0.15, 0.2) is 37.9 Å². The van der Waals surface area contributed by atoms with Gasteiger partial charge in [-0.25, -0.2) is 0 Å². The van der Waals surface area contributed by atoms with Crippen LogP contribution in [0, 0.1) is 0 Å². The number of hydrogen-bond donors (Lipinski definition) is 1. The van der Waals surface area contributed by atoms with E-state index in [-0.39, 0.29) is 0 Å². The van der Waals surface area contributed by atoms with Crippen LogP contribution in [0.4, 0.5) is 5.69 Å². The number of nitrogens with two attached hydrogens (primary N) is 1. The molecule has 96 valence electrons. The highest BCUT2D eigenvalue weighted by atomic mass is 79.9. The summed E-state index contributed by atoms with van der Waals surface area (Å²) in [4.78, 5) is 2.28. The van der Waals surface area contributed by atoms with E-state index in [0.717, 1.165) is 23.2 Å². The molecule has 1 heterocycles. The van der Waals surface area contributed by atoms with Crippen molar-refractivity contribution in [2.24, 2.45) is 0 Å². The molecular formula is C13H14Br2N2S. The van der Waals surface area contributed by atoms with Crippen molar-refractivity contribution < 1.29 is 0 Å². The van der Waals surface area contributed by atoms with Gasteiger partial charge in [0.2, 0.25) is 0 Å². The number of anilines is 1. The van der Waals surface area contributed by atoms with Crippen LogP contribution in [0.3, 0.4) is 0 Å². The molecule has 0 fully saturated rings. The van der Waals surface area contributed by atoms with Gasteiger partial charge in [-0.3, -0.25) is 4.90 Å². The minimum atomic E-state index is 0.781. The zero-order valence-corrected chi connectivity index (χ0v) is 14.0. The van der Waals surface area contributed by atoms with Gasteiger partial charge in [0.25, 0.3) is 0 Å². The Morgan fingerprint density at radius 3 is 2.50 bits per heavy atom. The maximum atomic E-state index is 5.78. The minimum absolute atomic E-state index is 0.781. The van der Waals surface area contributed by atoms with Gasteiger partial charge in [-0.05, 0) is 73.6 Å². The van der Waals surface area contributed by atoms with Gasteiger partial charge in [-0.1, -0.05) is 6.07 Å². The van der Waals surface area contributed by atoms with Crippen LogP contribution in [0.5, 0.6) is 0 Å². The van der Waals surface area contributed by atoms with Crippen LogP contribution in [0.2, 0.25) is 0 Å². The number of nitrogens with zero attached hydrogens (tertiary/aromatic N) is 1. The Morgan fingerprint density at radius 1 is 1.17 bits per heavy atom. The van der Waals surface area contributed by atoms with Crippen LogP contribution in [-0.4, -0.2) is 11.9 Å². The molecule has 0 aliphatic rings. The largest absolute Gasteiger partial charge is 0.398 e. The molecule has 0 saturated carbocycles. The summed E-state index contributed by atoms with van der Waals surface area (Å²) >= 11 is 8.67. The lowest BCUT2D eigenvalue weighted by atomic mass is 10.2. The van der Waals surface area contributed by atoms with Gasteiger partial charge in [-0.15, -0.1) is 11.3 Å². The first-order valence-corrected chi connectivity index (χ1v) is 7.96. The van der Waals surface area contributed by atoms with E-state index in [0.29, 0.717) is 0 Å². The SMILES string of the molecule is CN(Cc1csc(Br)c1)Cc1ccc(N)c(Br)c1. The molecule has 1 aromatic carbocycles. The number of hydrogen-bond acceptors (Lipinski definition) is 3. The predicted octanol–water partition coefficient (Wildman–Crippen LogP) is 4.49. The highest BCUT2D eigenvalue weighted by Crippen LogP contribution is 2.23. The van der Waals surface area contributed by atoms with Crippen molar-refractivity contribution in [3.63, 3.8) is 0 Å². The topological polar surface area (TPSA) is 29.3 Å². The summed E-state index contributed by atoms with van der Waals surface area (Å²) in [7, 11) is 2.12. The van der Waals surface area contributed by atoms with Crippen LogP contribution in [0.1, 0.15) is 11.1 Å². The zero-order chi connectivity index (χ0) is 13.1. The second-order valence-corrected chi connectivity index (χ2v) is 7.43. The molecule has 0 saturated heterocycles. The first kappa shape index (κ1) is 14.1. The quantitative estimate of drug-likeness (QED) is 0.780. The molecule has 2 N–H and O–H groups in total. The Bertz CT molecular complexity index is 540. The lowest BCUT2D eigenvalue weighted by molar-refractivity contribution is 0.319. The van der Waals surface area contributed by atoms with E-state index >= 15 is 0 Å². The van der Waals surface area contributed by atoms with Gasteiger partial charge in [-0.2, -0.15) is 0 Å². The first-order valence-electron chi connectivity index (χ1n) is 5.50. The molecule has 0 unspecified atom stereocenters. The average Bonchev–Trinajstić information content (AvgIpc) is 2.69. The third-order valence-electron chi connectivity index (χ3n) is 2.59. The number of benzene rings is 1. The normalized spacial score (nSPS) is 11.1. The van der Waals surface area contributed by atoms with E-state index in [1.165, 1.54) is 14.9 Å². The zero-order valence-electron chi connectivity index (χ0n) is 9.99. The summed E-state index contributed by atoms with van der Waals surface area (Å²) < 4.78 is 2.15. The summed E-state index contributed by atoms with van der Waals surface area (Å²) in [6.45, 7) is 1.86. The summed E-state index contributed by atoms with van der Waals surface area (Å²) in [5.41, 5.74) is 9.16. The van der Waals surface area contributed by atoms with Crippen LogP contribution >= 0.6 is 43.2 Å². The fourth-order valence-electron chi connectivity index (χ4n) is 1.78. The Hall–Kier alpha value is -0.360. The first-order chi connectivity index (χ1) is 8.54. The molecule has 0 bridgehead atoms. The Morgan fingerprint density at radius 2 is 1.89 bits per heavy atom. The molecule has 0 spiro atoms. The summed E-state index contributed by atoms with van der Waals surface area (Å²) in [6.07, 6.45) is 0. The van der Waals surface area contributed by atoms with Crippen molar-refractivity contribution in [1.82, 2.24) is 4.90 Å². The van der Waals surface area contributed by atoms with Gasteiger partial charge in [0, 0.05) is 23.2 Å². The molecule has 0 amide bonds. The van der Waals surface area contributed by atoms with Crippen molar-refractivity contribution in [2.75, 3.05) is 12.8 Å². The molecule has 2 nitrogen and oxygen atoms in total. The molecule has 0 radical (unpaired) electrons. The Kier molecular flexibility index (Phi) is 4.84. The maximum absolute atomic E-state index is 5.78. The van der Waals surface area contributed by atoms with Gasteiger partial charge in [0.15, 0.2) is 0 Å². The second-order valence-electron chi connectivity index (χ2n) is 4.29. The van der Waals surface area contributed by atoms with E-state index in [1.807, 2.05) is 6.07 Å². The van der Waals surface area contributed by atoms with Crippen molar-refractivity contribution in [1.29, 1.82) is 0 Å². The van der Waals surface area contributed by atoms with Gasteiger partial charge >= 0.3 is 0 Å². The molecule has 0 atom stereocenters. The standard InChI is InChI=1S/C13H14Br2N2S/c1-17(7-10-5-13(15)18-8-10)6-9-2-3-12(16)11(14)4-9/h2-5,8H,6-7,16H2,1H3. The van der Waals surface area contributed by atoms with Crippen LogP contribution in [-0.2, 0) is 13.1 Å². The molecule has 18 heavy (non-hydrogen) atoms. The Balaban J connectivity index is 1.98. The summed E-state index contributed by atoms with van der Waals surface area (Å²) in [5, 5.41) is 2.18. The minimum Gasteiger partial charge on any atom is -0.398 e. The fourth-order valence-corrected chi connectivity index (χ4v) is 3.40. The van der Waals surface area contributed by atoms with Crippen molar-refractivity contribution in [2.45, 2.75) is 13.1 Å². The van der Waals surface area contributed by atoms with Gasteiger partial charge < -0.3 is 5.73 Å². The van der Waals surface area contributed by atoms with Crippen LogP contribution < -0.4 is 5.73 Å². The van der Waals surface area contributed by atoms with E-state index < -0.39 is 0 Å². The molecular weight excluding hydrogens is 376 g/mol. The number of rotatable bonds is 4. The molecule has 2 aromatic rings. The maximum Gasteiger partial charge on any atom is 0.0701 e. The van der Waals surface area contributed by atoms with E-state index in [4.69, 9.17) is 5.73 Å². The lowest BCUT2D eigenvalue weighted by Gasteiger charge is -2.16. The van der Waals surface area contributed by atoms with Gasteiger partial charge in [0.1, 0.15) is 0 Å². The van der Waals surface area contributed by atoms with Crippen molar-refractivity contribution in [3.05, 3.63) is 49.0 Å². The highest BCUT2D eigenvalue weighted by Gasteiger charge is 2.05. The average molecular weight is 390 g/mol. The van der Waals surface area contributed by atoms with E-state index in [2.05, 4.69) is 67.4 Å². The fraction of sp³-hybridized carbons (Fsp3) is 0.231. The highest BCUT2D eigenvalue weighted by molar-refractivity contribution is 9.11. The number of thiophene rings is 1. The van der Waals surface area contributed by atoms with Gasteiger partial charge in [0.05, 0.1) is 3.79 Å². The molecule has 5 heteroatoms. The van der Waals surface area contributed by atoms with E-state index in [1.54, 1.807) is 11.3 Å². The lowest BCUT2D eigenvalue weighted by Crippen LogP contribution is -2.16. The van der Waals surface area contributed by atoms with Crippen molar-refractivity contribution in [3.8, 4) is 0 Å². The third-order valence-corrected chi connectivity index (χ3v) is 4.83.